The molecule has 1 rings (SSSR count). The highest BCUT2D eigenvalue weighted by Crippen LogP contribution is 2.18. The molecule has 0 amide bonds. The van der Waals surface area contributed by atoms with Gasteiger partial charge in [-0.25, -0.2) is 0 Å². The van der Waals surface area contributed by atoms with Crippen molar-refractivity contribution in [3.05, 3.63) is 24.3 Å². The van der Waals surface area contributed by atoms with Gasteiger partial charge in [0.25, 0.3) is 0 Å². The van der Waals surface area contributed by atoms with Gasteiger partial charge in [-0.3, -0.25) is 4.79 Å². The number of hydrogen-bond donors (Lipinski definition) is 1. The van der Waals surface area contributed by atoms with E-state index in [-0.39, 0.29) is 12.4 Å². The fourth-order valence-corrected chi connectivity index (χ4v) is 1.90. The quantitative estimate of drug-likeness (QED) is 0.632. The molecule has 1 N–H and O–H groups in total. The van der Waals surface area contributed by atoms with Crippen molar-refractivity contribution in [2.24, 2.45) is 0 Å². The van der Waals surface area contributed by atoms with Gasteiger partial charge in [0.15, 0.2) is 5.78 Å². The smallest absolute Gasteiger partial charge is 0.155 e. The number of ketones is 1. The number of benzene rings is 1. The number of carbonyl (C=O) groups is 1. The average Bonchev–Trinajstić information content (AvgIpc) is 2.41. The zero-order valence-corrected chi connectivity index (χ0v) is 13.4. The van der Waals surface area contributed by atoms with Gasteiger partial charge in [-0.2, -0.15) is 0 Å². The zero-order valence-electron chi connectivity index (χ0n) is 13.4. The second-order valence-corrected chi connectivity index (χ2v) is 5.49. The van der Waals surface area contributed by atoms with Crippen LogP contribution in [0.5, 0.6) is 5.75 Å². The molecular formula is C17H27NO3. The van der Waals surface area contributed by atoms with E-state index < -0.39 is 0 Å². The first-order chi connectivity index (χ1) is 10.1. The maximum atomic E-state index is 10.7. The Balaban J connectivity index is 2.11. The predicted octanol–water partition coefficient (Wildman–Crippen LogP) is 3.66. The summed E-state index contributed by atoms with van der Waals surface area (Å²) in [7, 11) is 0. The summed E-state index contributed by atoms with van der Waals surface area (Å²) in [5.74, 6) is 0.974. The topological polar surface area (TPSA) is 47.6 Å². The van der Waals surface area contributed by atoms with Crippen LogP contribution in [0.2, 0.25) is 0 Å². The standard InChI is InChI=1S/C17H27NO3/c1-14(2)18-16-8-7-9-17(12-16)21-11-6-4-5-10-20-13-15(3)19/h7-9,12,14,18H,4-6,10-11,13H2,1-3H3. The van der Waals surface area contributed by atoms with Crippen LogP contribution in [0, 0.1) is 0 Å². The first-order valence-corrected chi connectivity index (χ1v) is 7.64. The van der Waals surface area contributed by atoms with Crippen LogP contribution in [0.4, 0.5) is 5.69 Å². The maximum absolute atomic E-state index is 10.7. The third-order valence-corrected chi connectivity index (χ3v) is 2.80. The van der Waals surface area contributed by atoms with Crippen molar-refractivity contribution >= 4 is 11.5 Å². The molecule has 0 aliphatic rings. The number of ether oxygens (including phenoxy) is 2. The molecule has 0 bridgehead atoms. The molecule has 1 aromatic carbocycles. The lowest BCUT2D eigenvalue weighted by Gasteiger charge is -2.12. The highest BCUT2D eigenvalue weighted by Gasteiger charge is 1.99. The highest BCUT2D eigenvalue weighted by atomic mass is 16.5. The Labute approximate surface area is 127 Å². The van der Waals surface area contributed by atoms with Gasteiger partial charge in [-0.05, 0) is 52.2 Å². The van der Waals surface area contributed by atoms with Gasteiger partial charge in [0.2, 0.25) is 0 Å². The summed E-state index contributed by atoms with van der Waals surface area (Å²) in [5, 5.41) is 3.35. The van der Waals surface area contributed by atoms with E-state index in [0.717, 1.165) is 30.7 Å². The van der Waals surface area contributed by atoms with Crippen LogP contribution in [-0.4, -0.2) is 31.6 Å². The monoisotopic (exact) mass is 293 g/mol. The number of Topliss-reactive ketones (excluding diaryl/α,β-unsaturated/α-hetero) is 1. The van der Waals surface area contributed by atoms with Crippen LogP contribution < -0.4 is 10.1 Å². The van der Waals surface area contributed by atoms with Crippen LogP contribution in [0.1, 0.15) is 40.0 Å². The third kappa shape index (κ3) is 9.08. The Morgan fingerprint density at radius 2 is 1.95 bits per heavy atom. The minimum atomic E-state index is 0.0771. The normalized spacial score (nSPS) is 10.7. The predicted molar refractivity (Wildman–Crippen MR) is 86.0 cm³/mol. The number of unbranched alkanes of at least 4 members (excludes halogenated alkanes) is 2. The SMILES string of the molecule is CC(=O)COCCCCCOc1cccc(NC(C)C)c1. The lowest BCUT2D eigenvalue weighted by molar-refractivity contribution is -0.121. The summed E-state index contributed by atoms with van der Waals surface area (Å²) in [5.41, 5.74) is 1.08. The Morgan fingerprint density at radius 1 is 1.19 bits per heavy atom. The first-order valence-electron chi connectivity index (χ1n) is 7.64. The van der Waals surface area contributed by atoms with E-state index in [9.17, 15) is 4.79 Å². The van der Waals surface area contributed by atoms with Gasteiger partial charge in [0, 0.05) is 24.4 Å². The molecule has 1 aromatic rings. The molecule has 118 valence electrons. The maximum Gasteiger partial charge on any atom is 0.155 e. The lowest BCUT2D eigenvalue weighted by Crippen LogP contribution is -2.09. The molecule has 21 heavy (non-hydrogen) atoms. The summed E-state index contributed by atoms with van der Waals surface area (Å²) in [6.45, 7) is 7.34. The average molecular weight is 293 g/mol. The van der Waals surface area contributed by atoms with Crippen LogP contribution in [0.25, 0.3) is 0 Å². The molecule has 4 nitrogen and oxygen atoms in total. The third-order valence-electron chi connectivity index (χ3n) is 2.80. The van der Waals surface area contributed by atoms with Gasteiger partial charge in [-0.1, -0.05) is 6.07 Å². The molecule has 0 radical (unpaired) electrons. The minimum Gasteiger partial charge on any atom is -0.494 e. The second kappa shape index (κ2) is 10.2. The Kier molecular flexibility index (Phi) is 8.51. The van der Waals surface area contributed by atoms with Gasteiger partial charge in [0.1, 0.15) is 12.4 Å². The number of hydrogen-bond acceptors (Lipinski definition) is 4. The Hall–Kier alpha value is -1.55. The van der Waals surface area contributed by atoms with Gasteiger partial charge in [-0.15, -0.1) is 0 Å². The summed E-state index contributed by atoms with van der Waals surface area (Å²) in [6, 6.07) is 8.45. The molecule has 0 saturated heterocycles. The van der Waals surface area contributed by atoms with Gasteiger partial charge >= 0.3 is 0 Å². The molecule has 0 spiro atoms. The van der Waals surface area contributed by atoms with Crippen molar-refractivity contribution < 1.29 is 14.3 Å². The Morgan fingerprint density at radius 3 is 2.67 bits per heavy atom. The molecule has 0 aromatic heterocycles. The molecule has 0 fully saturated rings. The van der Waals surface area contributed by atoms with Crippen molar-refractivity contribution in [1.82, 2.24) is 0 Å². The van der Waals surface area contributed by atoms with Crippen LogP contribution in [0.3, 0.4) is 0 Å². The number of anilines is 1. The highest BCUT2D eigenvalue weighted by molar-refractivity contribution is 5.76. The molecule has 0 heterocycles. The van der Waals surface area contributed by atoms with E-state index in [1.807, 2.05) is 24.3 Å². The number of nitrogens with one attached hydrogen (secondary N) is 1. The number of carbonyl (C=O) groups excluding carboxylic acids is 1. The van der Waals surface area contributed by atoms with Crippen molar-refractivity contribution in [3.8, 4) is 5.75 Å². The van der Waals surface area contributed by atoms with Crippen LogP contribution in [0.15, 0.2) is 24.3 Å². The largest absolute Gasteiger partial charge is 0.494 e. The van der Waals surface area contributed by atoms with E-state index in [4.69, 9.17) is 9.47 Å². The molecule has 0 unspecified atom stereocenters. The van der Waals surface area contributed by atoms with E-state index in [0.29, 0.717) is 19.3 Å². The molecule has 0 aliphatic heterocycles. The van der Waals surface area contributed by atoms with E-state index in [1.54, 1.807) is 0 Å². The number of rotatable bonds is 11. The lowest BCUT2D eigenvalue weighted by atomic mass is 10.2. The zero-order chi connectivity index (χ0) is 15.5. The Bertz CT molecular complexity index is 418. The minimum absolute atomic E-state index is 0.0771. The molecule has 0 saturated carbocycles. The summed E-state index contributed by atoms with van der Waals surface area (Å²) in [4.78, 5) is 10.7. The van der Waals surface area contributed by atoms with Crippen molar-refractivity contribution in [3.63, 3.8) is 0 Å². The van der Waals surface area contributed by atoms with Crippen molar-refractivity contribution in [2.45, 2.75) is 46.1 Å². The summed E-state index contributed by atoms with van der Waals surface area (Å²) < 4.78 is 11.0. The molecule has 0 atom stereocenters. The van der Waals surface area contributed by atoms with Crippen molar-refractivity contribution in [2.75, 3.05) is 25.1 Å². The molecule has 0 aliphatic carbocycles. The first kappa shape index (κ1) is 17.5. The molecular weight excluding hydrogens is 266 g/mol. The summed E-state index contributed by atoms with van der Waals surface area (Å²) in [6.07, 6.45) is 3.00. The second-order valence-electron chi connectivity index (χ2n) is 5.49. The fourth-order valence-electron chi connectivity index (χ4n) is 1.90. The van der Waals surface area contributed by atoms with Gasteiger partial charge in [0.05, 0.1) is 6.61 Å². The molecule has 4 heteroatoms. The van der Waals surface area contributed by atoms with E-state index in [2.05, 4.69) is 19.2 Å². The van der Waals surface area contributed by atoms with Crippen LogP contribution >= 0.6 is 0 Å². The van der Waals surface area contributed by atoms with Crippen LogP contribution in [-0.2, 0) is 9.53 Å². The fraction of sp³-hybridized carbons (Fsp3) is 0.588. The van der Waals surface area contributed by atoms with Gasteiger partial charge < -0.3 is 14.8 Å². The van der Waals surface area contributed by atoms with E-state index >= 15 is 0 Å². The van der Waals surface area contributed by atoms with E-state index in [1.165, 1.54) is 6.92 Å². The summed E-state index contributed by atoms with van der Waals surface area (Å²) >= 11 is 0. The van der Waals surface area contributed by atoms with Crippen molar-refractivity contribution in [1.29, 1.82) is 0 Å².